The van der Waals surface area contributed by atoms with Crippen LogP contribution in [0.15, 0.2) is 60.7 Å². The van der Waals surface area contributed by atoms with Gasteiger partial charge < -0.3 is 9.30 Å². The lowest BCUT2D eigenvalue weighted by Crippen LogP contribution is -2.10. The van der Waals surface area contributed by atoms with Gasteiger partial charge in [-0.25, -0.2) is 9.78 Å². The van der Waals surface area contributed by atoms with Crippen molar-refractivity contribution >= 4 is 40.2 Å². The molecule has 150 valence electrons. The van der Waals surface area contributed by atoms with E-state index in [2.05, 4.69) is 54.0 Å². The first-order chi connectivity index (χ1) is 13.7. The largest absolute Gasteiger partial charge is 0.461 e. The molecule has 5 heteroatoms. The van der Waals surface area contributed by atoms with E-state index in [1.165, 1.54) is 5.56 Å². The number of pyridine rings is 1. The lowest BCUT2D eigenvalue weighted by molar-refractivity contribution is 0.0519. The number of carbonyl (C=O) groups excluding carboxylic acids is 1. The van der Waals surface area contributed by atoms with E-state index < -0.39 is 0 Å². The Labute approximate surface area is 176 Å². The summed E-state index contributed by atoms with van der Waals surface area (Å²) in [6.07, 6.45) is 1.77. The van der Waals surface area contributed by atoms with Crippen molar-refractivity contribution in [2.75, 3.05) is 6.61 Å². The Kier molecular flexibility index (Phi) is 6.55. The zero-order valence-corrected chi connectivity index (χ0v) is 17.5. The van der Waals surface area contributed by atoms with Crippen LogP contribution in [0.4, 0.5) is 0 Å². The number of fused-ring (bicyclic) bond motifs is 3. The lowest BCUT2D eigenvalue weighted by atomic mass is 10.1. The van der Waals surface area contributed by atoms with Gasteiger partial charge in [-0.05, 0) is 31.0 Å². The molecule has 0 fully saturated rings. The number of ether oxygens (including phenoxy) is 1. The molecule has 0 radical (unpaired) electrons. The summed E-state index contributed by atoms with van der Waals surface area (Å²) < 4.78 is 7.54. The Bertz CT molecular complexity index is 1140. The van der Waals surface area contributed by atoms with Crippen molar-refractivity contribution in [2.24, 2.45) is 0 Å². The third-order valence-electron chi connectivity index (χ3n) is 4.97. The molecule has 2 heterocycles. The zero-order valence-electron chi connectivity index (χ0n) is 16.7. The molecule has 0 aliphatic heterocycles. The summed E-state index contributed by atoms with van der Waals surface area (Å²) >= 11 is 0. The molecule has 29 heavy (non-hydrogen) atoms. The minimum absolute atomic E-state index is 0. The maximum absolute atomic E-state index is 12.4. The Hall–Kier alpha value is -2.85. The number of benzene rings is 2. The number of halogens is 1. The number of hydrogen-bond donors (Lipinski definition) is 0. The third-order valence-corrected chi connectivity index (χ3v) is 4.97. The van der Waals surface area contributed by atoms with Gasteiger partial charge >= 0.3 is 5.97 Å². The van der Waals surface area contributed by atoms with Crippen LogP contribution in [0.2, 0.25) is 0 Å². The molecule has 0 unspecified atom stereocenters. The normalized spacial score (nSPS) is 10.8. The Morgan fingerprint density at radius 2 is 1.72 bits per heavy atom. The topological polar surface area (TPSA) is 44.1 Å². The van der Waals surface area contributed by atoms with Crippen LogP contribution < -0.4 is 0 Å². The maximum atomic E-state index is 12.4. The van der Waals surface area contributed by atoms with Gasteiger partial charge in [-0.15, -0.1) is 12.4 Å². The highest BCUT2D eigenvalue weighted by Crippen LogP contribution is 2.32. The molecule has 4 rings (SSSR count). The van der Waals surface area contributed by atoms with Crippen LogP contribution in [0, 0.1) is 0 Å². The first-order valence-corrected chi connectivity index (χ1v) is 9.84. The molecular formula is C24H25ClN2O2. The fourth-order valence-corrected chi connectivity index (χ4v) is 3.81. The van der Waals surface area contributed by atoms with Crippen molar-refractivity contribution in [3.63, 3.8) is 0 Å². The van der Waals surface area contributed by atoms with Crippen molar-refractivity contribution in [1.82, 2.24) is 9.55 Å². The van der Waals surface area contributed by atoms with E-state index in [-0.39, 0.29) is 18.4 Å². The van der Waals surface area contributed by atoms with E-state index >= 15 is 0 Å². The van der Waals surface area contributed by atoms with Crippen molar-refractivity contribution in [1.29, 1.82) is 0 Å². The van der Waals surface area contributed by atoms with Gasteiger partial charge in [-0.3, -0.25) is 0 Å². The first-order valence-electron chi connectivity index (χ1n) is 9.84. The van der Waals surface area contributed by atoms with Crippen LogP contribution >= 0.6 is 12.4 Å². The van der Waals surface area contributed by atoms with Gasteiger partial charge in [0.1, 0.15) is 5.69 Å². The average Bonchev–Trinajstić information content (AvgIpc) is 3.03. The van der Waals surface area contributed by atoms with Crippen LogP contribution in [-0.4, -0.2) is 22.1 Å². The number of carbonyl (C=O) groups is 1. The first kappa shape index (κ1) is 20.9. The lowest BCUT2D eigenvalue weighted by Gasteiger charge is -2.12. The molecule has 0 spiro atoms. The zero-order chi connectivity index (χ0) is 19.5. The molecule has 0 saturated carbocycles. The molecule has 0 aliphatic carbocycles. The van der Waals surface area contributed by atoms with E-state index in [0.29, 0.717) is 12.3 Å². The Morgan fingerprint density at radius 3 is 2.45 bits per heavy atom. The summed E-state index contributed by atoms with van der Waals surface area (Å²) in [5, 5.41) is 2.20. The van der Waals surface area contributed by atoms with Crippen LogP contribution in [0.25, 0.3) is 21.8 Å². The molecule has 0 aliphatic rings. The molecule has 0 amide bonds. The second kappa shape index (κ2) is 9.10. The van der Waals surface area contributed by atoms with Gasteiger partial charge in [-0.1, -0.05) is 61.9 Å². The average molecular weight is 409 g/mol. The van der Waals surface area contributed by atoms with Gasteiger partial charge in [0.25, 0.3) is 0 Å². The molecule has 2 aromatic heterocycles. The monoisotopic (exact) mass is 408 g/mol. The standard InChI is InChI=1S/C24H24N2O2.ClH/c1-3-10-20-23-19(15-21(25-20)24(27)28-4-2)18-13-8-9-14-22(18)26(23)16-17-11-6-5-7-12-17;/h5-9,11-15H,3-4,10,16H2,1-2H3;1H. The summed E-state index contributed by atoms with van der Waals surface area (Å²) in [6, 6.07) is 20.7. The molecule has 0 bridgehead atoms. The molecular weight excluding hydrogens is 384 g/mol. The molecule has 4 aromatic rings. The number of rotatable bonds is 6. The second-order valence-corrected chi connectivity index (χ2v) is 6.91. The molecule has 4 nitrogen and oxygen atoms in total. The molecule has 0 saturated heterocycles. The summed E-state index contributed by atoms with van der Waals surface area (Å²) in [5.74, 6) is -0.360. The smallest absolute Gasteiger partial charge is 0.356 e. The van der Waals surface area contributed by atoms with Crippen LogP contribution in [0.3, 0.4) is 0 Å². The van der Waals surface area contributed by atoms with E-state index in [1.54, 1.807) is 0 Å². The summed E-state index contributed by atoms with van der Waals surface area (Å²) in [7, 11) is 0. The van der Waals surface area contributed by atoms with Crippen molar-refractivity contribution in [3.05, 3.63) is 77.6 Å². The van der Waals surface area contributed by atoms with Gasteiger partial charge in [0, 0.05) is 22.8 Å². The fraction of sp³-hybridized carbons (Fsp3) is 0.250. The van der Waals surface area contributed by atoms with E-state index in [9.17, 15) is 4.79 Å². The predicted octanol–water partition coefficient (Wildman–Crippen LogP) is 5.79. The quantitative estimate of drug-likeness (QED) is 0.379. The SMILES string of the molecule is CCCc1nc(C(=O)OCC)cc2c3ccccc3n(Cc3ccccc3)c12.Cl. The highest BCUT2D eigenvalue weighted by molar-refractivity contribution is 6.10. The van der Waals surface area contributed by atoms with Gasteiger partial charge in [0.15, 0.2) is 0 Å². The Balaban J connectivity index is 0.00000240. The minimum atomic E-state index is -0.360. The van der Waals surface area contributed by atoms with Crippen molar-refractivity contribution < 1.29 is 9.53 Å². The van der Waals surface area contributed by atoms with Gasteiger partial charge in [-0.2, -0.15) is 0 Å². The van der Waals surface area contributed by atoms with Crippen LogP contribution in [0.1, 0.15) is 42.0 Å². The number of nitrogens with zero attached hydrogens (tertiary/aromatic N) is 2. The molecule has 0 atom stereocenters. The number of aryl methyl sites for hydroxylation is 1. The number of para-hydroxylation sites is 1. The van der Waals surface area contributed by atoms with E-state index in [0.717, 1.165) is 46.9 Å². The maximum Gasteiger partial charge on any atom is 0.356 e. The number of aromatic nitrogens is 2. The second-order valence-electron chi connectivity index (χ2n) is 6.91. The molecule has 2 aromatic carbocycles. The van der Waals surface area contributed by atoms with Gasteiger partial charge in [0.2, 0.25) is 0 Å². The highest BCUT2D eigenvalue weighted by atomic mass is 35.5. The predicted molar refractivity (Wildman–Crippen MR) is 120 cm³/mol. The highest BCUT2D eigenvalue weighted by Gasteiger charge is 2.19. The Morgan fingerprint density at radius 1 is 1.00 bits per heavy atom. The van der Waals surface area contributed by atoms with Crippen molar-refractivity contribution in [3.8, 4) is 0 Å². The summed E-state index contributed by atoms with van der Waals surface area (Å²) in [6.45, 7) is 5.06. The van der Waals surface area contributed by atoms with Crippen molar-refractivity contribution in [2.45, 2.75) is 33.2 Å². The third kappa shape index (κ3) is 3.99. The number of esters is 1. The minimum Gasteiger partial charge on any atom is -0.461 e. The fourth-order valence-electron chi connectivity index (χ4n) is 3.81. The summed E-state index contributed by atoms with van der Waals surface area (Å²) in [4.78, 5) is 17.1. The van der Waals surface area contributed by atoms with Crippen LogP contribution in [0.5, 0.6) is 0 Å². The number of hydrogen-bond acceptors (Lipinski definition) is 3. The van der Waals surface area contributed by atoms with E-state index in [1.807, 2.05) is 25.1 Å². The summed E-state index contributed by atoms with van der Waals surface area (Å²) in [5.41, 5.74) is 4.85. The van der Waals surface area contributed by atoms with E-state index in [4.69, 9.17) is 9.72 Å². The molecule has 0 N–H and O–H groups in total. The van der Waals surface area contributed by atoms with Crippen LogP contribution in [-0.2, 0) is 17.7 Å². The van der Waals surface area contributed by atoms with Gasteiger partial charge in [0.05, 0.1) is 17.8 Å².